The lowest BCUT2D eigenvalue weighted by molar-refractivity contribution is -0.112. The van der Waals surface area contributed by atoms with E-state index in [-0.39, 0.29) is 5.78 Å². The van der Waals surface area contributed by atoms with Crippen LogP contribution in [0.3, 0.4) is 0 Å². The largest absolute Gasteiger partial charge is 0.494 e. The number of benzene rings is 2. The Morgan fingerprint density at radius 2 is 1.09 bits per heavy atom. The molecule has 0 unspecified atom stereocenters. The number of rotatable bonds is 12. The van der Waals surface area contributed by atoms with Crippen LogP contribution in [0.15, 0.2) is 59.7 Å². The molecule has 188 valence electrons. The Kier molecular flexibility index (Phi) is 10.6. The molecule has 0 bridgehead atoms. The van der Waals surface area contributed by atoms with Crippen molar-refractivity contribution >= 4 is 17.9 Å². The van der Waals surface area contributed by atoms with Crippen LogP contribution in [0.4, 0.5) is 0 Å². The maximum atomic E-state index is 13.1. The summed E-state index contributed by atoms with van der Waals surface area (Å²) in [7, 11) is 8.26. The Morgan fingerprint density at radius 1 is 0.686 bits per heavy atom. The fourth-order valence-electron chi connectivity index (χ4n) is 4.04. The summed E-state index contributed by atoms with van der Waals surface area (Å²) in [6, 6.07) is 16.0. The molecule has 0 aliphatic heterocycles. The van der Waals surface area contributed by atoms with Crippen LogP contribution in [0.25, 0.3) is 12.2 Å². The number of allylic oxidation sites excluding steroid dienone is 2. The van der Waals surface area contributed by atoms with Gasteiger partial charge in [0.15, 0.2) is 5.78 Å². The van der Waals surface area contributed by atoms with Crippen LogP contribution in [-0.2, 0) is 4.79 Å². The topological polar surface area (TPSA) is 42.0 Å². The van der Waals surface area contributed by atoms with Gasteiger partial charge in [0.1, 0.15) is 11.5 Å². The summed E-state index contributed by atoms with van der Waals surface area (Å²) in [5.74, 6) is 1.89. The Hall–Kier alpha value is -2.89. The number of hydrogen-bond acceptors (Lipinski definition) is 5. The Balaban J connectivity index is 1.56. The zero-order chi connectivity index (χ0) is 25.0. The van der Waals surface area contributed by atoms with Crippen LogP contribution >= 0.6 is 0 Å². The van der Waals surface area contributed by atoms with E-state index in [9.17, 15) is 4.79 Å². The van der Waals surface area contributed by atoms with Crippen molar-refractivity contribution in [2.24, 2.45) is 0 Å². The summed E-state index contributed by atoms with van der Waals surface area (Å²) in [5.41, 5.74) is 3.82. The minimum Gasteiger partial charge on any atom is -0.494 e. The van der Waals surface area contributed by atoms with Crippen molar-refractivity contribution < 1.29 is 14.3 Å². The van der Waals surface area contributed by atoms with Gasteiger partial charge in [0.05, 0.1) is 13.2 Å². The van der Waals surface area contributed by atoms with Crippen LogP contribution in [-0.4, -0.2) is 70.1 Å². The quantitative estimate of drug-likeness (QED) is 0.296. The highest BCUT2D eigenvalue weighted by Crippen LogP contribution is 2.29. The van der Waals surface area contributed by atoms with Crippen molar-refractivity contribution in [2.75, 3.05) is 54.5 Å². The molecule has 1 fully saturated rings. The molecule has 2 aromatic carbocycles. The van der Waals surface area contributed by atoms with Gasteiger partial charge in [-0.15, -0.1) is 0 Å². The highest BCUT2D eigenvalue weighted by Gasteiger charge is 2.20. The summed E-state index contributed by atoms with van der Waals surface area (Å²) in [6.45, 7) is 3.43. The molecule has 5 nitrogen and oxygen atoms in total. The number of Topliss-reactive ketones (excluding diaryl/α,β-unsaturated/α-hetero) is 1. The summed E-state index contributed by atoms with van der Waals surface area (Å²) >= 11 is 0. The zero-order valence-electron chi connectivity index (χ0n) is 21.8. The predicted octanol–water partition coefficient (Wildman–Crippen LogP) is 5.57. The van der Waals surface area contributed by atoms with Gasteiger partial charge in [-0.2, -0.15) is 0 Å². The molecule has 0 amide bonds. The maximum Gasteiger partial charge on any atom is 0.185 e. The lowest BCUT2D eigenvalue weighted by Crippen LogP contribution is -2.15. The van der Waals surface area contributed by atoms with Crippen LogP contribution in [0.5, 0.6) is 11.5 Å². The number of carbonyl (C=O) groups is 1. The Labute approximate surface area is 211 Å². The number of ether oxygens (including phenoxy) is 2. The van der Waals surface area contributed by atoms with Crippen LogP contribution < -0.4 is 9.47 Å². The van der Waals surface area contributed by atoms with Crippen molar-refractivity contribution in [3.05, 3.63) is 70.8 Å². The van der Waals surface area contributed by atoms with Gasteiger partial charge in [0.2, 0.25) is 0 Å². The smallest absolute Gasteiger partial charge is 0.185 e. The minimum absolute atomic E-state index is 0.157. The molecule has 2 aromatic rings. The first-order chi connectivity index (χ1) is 16.9. The molecule has 5 heteroatoms. The fourth-order valence-corrected chi connectivity index (χ4v) is 4.04. The monoisotopic (exact) mass is 476 g/mol. The molecule has 0 saturated heterocycles. The number of carbonyl (C=O) groups excluding carboxylic acids is 1. The van der Waals surface area contributed by atoms with Gasteiger partial charge in [-0.3, -0.25) is 4.79 Å². The summed E-state index contributed by atoms with van der Waals surface area (Å²) < 4.78 is 11.6. The average Bonchev–Trinajstić information content (AvgIpc) is 2.84. The third-order valence-corrected chi connectivity index (χ3v) is 5.95. The Morgan fingerprint density at radius 3 is 1.46 bits per heavy atom. The first-order valence-electron chi connectivity index (χ1n) is 12.6. The lowest BCUT2D eigenvalue weighted by atomic mass is 9.87. The van der Waals surface area contributed by atoms with Gasteiger partial charge in [-0.25, -0.2) is 0 Å². The molecule has 1 aliphatic rings. The highest BCUT2D eigenvalue weighted by molar-refractivity contribution is 6.13. The lowest BCUT2D eigenvalue weighted by Gasteiger charge is -2.17. The molecule has 3 rings (SSSR count). The second-order valence-electron chi connectivity index (χ2n) is 9.67. The molecular formula is C30H40N2O3. The van der Waals surface area contributed by atoms with E-state index in [1.807, 2.05) is 60.7 Å². The maximum absolute atomic E-state index is 13.1. The van der Waals surface area contributed by atoms with Crippen molar-refractivity contribution in [1.29, 1.82) is 0 Å². The van der Waals surface area contributed by atoms with Gasteiger partial charge in [-0.05, 0) is 108 Å². The second-order valence-corrected chi connectivity index (χ2v) is 9.67. The SMILES string of the molecule is CN(C)CCCOc1ccc(/C=C2\CCC/C(=C\c3ccc(OCCCN(C)C)cc3)C2=O)cc1. The number of nitrogens with zero attached hydrogens (tertiary/aromatic N) is 2. The second kappa shape index (κ2) is 13.9. The molecule has 35 heavy (non-hydrogen) atoms. The van der Waals surface area contributed by atoms with E-state index in [4.69, 9.17) is 9.47 Å². The minimum atomic E-state index is 0.157. The first kappa shape index (κ1) is 26.7. The van der Waals surface area contributed by atoms with Gasteiger partial charge >= 0.3 is 0 Å². The standard InChI is InChI=1S/C30H40N2O3/c1-31(2)18-6-20-34-28-14-10-24(11-15-28)22-26-8-5-9-27(30(26)33)23-25-12-16-29(17-13-25)35-21-7-19-32(3)4/h10-17,22-23H,5-9,18-21H2,1-4H3/b26-22+,27-23+. The molecule has 0 N–H and O–H groups in total. The number of hydrogen-bond donors (Lipinski definition) is 0. The van der Waals surface area contributed by atoms with Crippen molar-refractivity contribution in [1.82, 2.24) is 9.80 Å². The van der Waals surface area contributed by atoms with Gasteiger partial charge in [0, 0.05) is 24.2 Å². The molecule has 0 spiro atoms. The van der Waals surface area contributed by atoms with E-state index in [0.29, 0.717) is 13.2 Å². The predicted molar refractivity (Wildman–Crippen MR) is 145 cm³/mol. The summed E-state index contributed by atoms with van der Waals surface area (Å²) in [6.07, 6.45) is 8.66. The highest BCUT2D eigenvalue weighted by atomic mass is 16.5. The van der Waals surface area contributed by atoms with E-state index in [0.717, 1.165) is 79.0 Å². The van der Waals surface area contributed by atoms with Gasteiger partial charge in [-0.1, -0.05) is 24.3 Å². The summed E-state index contributed by atoms with van der Waals surface area (Å²) in [5, 5.41) is 0. The van der Waals surface area contributed by atoms with Gasteiger partial charge < -0.3 is 19.3 Å². The van der Waals surface area contributed by atoms with Crippen molar-refractivity contribution in [3.63, 3.8) is 0 Å². The molecule has 1 aliphatic carbocycles. The normalized spacial score (nSPS) is 16.5. The van der Waals surface area contributed by atoms with Crippen LogP contribution in [0.2, 0.25) is 0 Å². The van der Waals surface area contributed by atoms with E-state index < -0.39 is 0 Å². The molecule has 0 aromatic heterocycles. The molecule has 0 atom stereocenters. The van der Waals surface area contributed by atoms with E-state index in [1.165, 1.54) is 0 Å². The first-order valence-corrected chi connectivity index (χ1v) is 12.6. The zero-order valence-corrected chi connectivity index (χ0v) is 21.8. The number of ketones is 1. The van der Waals surface area contributed by atoms with Crippen molar-refractivity contribution in [2.45, 2.75) is 32.1 Å². The van der Waals surface area contributed by atoms with Gasteiger partial charge in [0.25, 0.3) is 0 Å². The van der Waals surface area contributed by atoms with Crippen LogP contribution in [0, 0.1) is 0 Å². The van der Waals surface area contributed by atoms with E-state index in [2.05, 4.69) is 38.0 Å². The van der Waals surface area contributed by atoms with E-state index in [1.54, 1.807) is 0 Å². The van der Waals surface area contributed by atoms with Crippen molar-refractivity contribution in [3.8, 4) is 11.5 Å². The fraction of sp³-hybridized carbons (Fsp3) is 0.433. The molecule has 1 saturated carbocycles. The Bertz CT molecular complexity index is 910. The average molecular weight is 477 g/mol. The van der Waals surface area contributed by atoms with E-state index >= 15 is 0 Å². The third-order valence-electron chi connectivity index (χ3n) is 5.95. The molecule has 0 radical (unpaired) electrons. The molecule has 0 heterocycles. The third kappa shape index (κ3) is 9.35. The van der Waals surface area contributed by atoms with Crippen LogP contribution in [0.1, 0.15) is 43.2 Å². The summed E-state index contributed by atoms with van der Waals surface area (Å²) in [4.78, 5) is 17.4. The molecular weight excluding hydrogens is 436 g/mol.